The standard InChI is InChI=1S/C15H28N2O4/c1-5-21-14(18)15(16-2,11-6-7-11)10-17-8-12(19-3)13(9-17)20-4/h11-13,16H,5-10H2,1-4H3. The molecule has 1 saturated carbocycles. The zero-order chi connectivity index (χ0) is 15.5. The van der Waals surface area contributed by atoms with Gasteiger partial charge in [0, 0.05) is 33.9 Å². The largest absolute Gasteiger partial charge is 0.465 e. The van der Waals surface area contributed by atoms with E-state index in [2.05, 4.69) is 10.2 Å². The highest BCUT2D eigenvalue weighted by atomic mass is 16.5. The Balaban J connectivity index is 2.07. The first kappa shape index (κ1) is 16.7. The van der Waals surface area contributed by atoms with E-state index in [1.165, 1.54) is 0 Å². The first-order chi connectivity index (χ1) is 10.1. The Morgan fingerprint density at radius 1 is 1.24 bits per heavy atom. The Morgan fingerprint density at radius 3 is 2.19 bits per heavy atom. The zero-order valence-corrected chi connectivity index (χ0v) is 13.6. The lowest BCUT2D eigenvalue weighted by molar-refractivity contribution is -0.153. The van der Waals surface area contributed by atoms with Gasteiger partial charge in [0.05, 0.1) is 18.8 Å². The predicted octanol–water partition coefficient (Wildman–Crippen LogP) is 0.263. The van der Waals surface area contributed by atoms with Crippen molar-refractivity contribution < 1.29 is 19.0 Å². The summed E-state index contributed by atoms with van der Waals surface area (Å²) in [4.78, 5) is 14.7. The van der Waals surface area contributed by atoms with Crippen LogP contribution in [0.15, 0.2) is 0 Å². The molecule has 1 saturated heterocycles. The van der Waals surface area contributed by atoms with Crippen LogP contribution >= 0.6 is 0 Å². The summed E-state index contributed by atoms with van der Waals surface area (Å²) >= 11 is 0. The van der Waals surface area contributed by atoms with E-state index in [0.29, 0.717) is 19.1 Å². The highest BCUT2D eigenvalue weighted by Crippen LogP contribution is 2.41. The number of nitrogens with zero attached hydrogens (tertiary/aromatic N) is 1. The third-order valence-corrected chi connectivity index (χ3v) is 4.73. The Morgan fingerprint density at radius 2 is 1.81 bits per heavy atom. The van der Waals surface area contributed by atoms with E-state index in [9.17, 15) is 4.79 Å². The number of rotatable bonds is 8. The molecule has 0 bridgehead atoms. The molecule has 2 aliphatic rings. The summed E-state index contributed by atoms with van der Waals surface area (Å²) in [5.41, 5.74) is -0.600. The summed E-state index contributed by atoms with van der Waals surface area (Å²) in [6, 6.07) is 0. The van der Waals surface area contributed by atoms with Crippen molar-refractivity contribution in [3.8, 4) is 0 Å². The van der Waals surface area contributed by atoms with E-state index in [-0.39, 0.29) is 18.2 Å². The third kappa shape index (κ3) is 3.39. The van der Waals surface area contributed by atoms with Crippen molar-refractivity contribution >= 4 is 5.97 Å². The van der Waals surface area contributed by atoms with Crippen LogP contribution in [0.25, 0.3) is 0 Å². The first-order valence-corrected chi connectivity index (χ1v) is 7.75. The minimum Gasteiger partial charge on any atom is -0.465 e. The molecule has 1 aliphatic carbocycles. The van der Waals surface area contributed by atoms with Gasteiger partial charge in [0.15, 0.2) is 0 Å². The molecule has 21 heavy (non-hydrogen) atoms. The van der Waals surface area contributed by atoms with Gasteiger partial charge < -0.3 is 19.5 Å². The topological polar surface area (TPSA) is 60.0 Å². The minimum atomic E-state index is -0.600. The van der Waals surface area contributed by atoms with Crippen LogP contribution in [-0.4, -0.2) is 76.1 Å². The molecule has 3 atom stereocenters. The number of likely N-dealkylation sites (tertiary alicyclic amines) is 1. The third-order valence-electron chi connectivity index (χ3n) is 4.73. The van der Waals surface area contributed by atoms with Crippen LogP contribution in [0.2, 0.25) is 0 Å². The van der Waals surface area contributed by atoms with Gasteiger partial charge >= 0.3 is 5.97 Å². The average molecular weight is 300 g/mol. The number of nitrogens with one attached hydrogen (secondary N) is 1. The Kier molecular flexibility index (Phi) is 5.60. The van der Waals surface area contributed by atoms with Crippen LogP contribution in [0.5, 0.6) is 0 Å². The summed E-state index contributed by atoms with van der Waals surface area (Å²) < 4.78 is 16.3. The Bertz CT molecular complexity index is 350. The van der Waals surface area contributed by atoms with Crippen molar-refractivity contribution in [1.82, 2.24) is 10.2 Å². The molecule has 6 heteroatoms. The van der Waals surface area contributed by atoms with Gasteiger partial charge in [0.1, 0.15) is 5.54 Å². The van der Waals surface area contributed by atoms with Crippen molar-refractivity contribution in [3.63, 3.8) is 0 Å². The lowest BCUT2D eigenvalue weighted by Crippen LogP contribution is -2.60. The summed E-state index contributed by atoms with van der Waals surface area (Å²) in [5.74, 6) is 0.231. The molecule has 122 valence electrons. The number of carbonyl (C=O) groups excluding carboxylic acids is 1. The van der Waals surface area contributed by atoms with E-state index in [1.54, 1.807) is 14.2 Å². The van der Waals surface area contributed by atoms with Crippen LogP contribution in [0.1, 0.15) is 19.8 Å². The molecule has 0 amide bonds. The predicted molar refractivity (Wildman–Crippen MR) is 79.2 cm³/mol. The molecule has 2 rings (SSSR count). The number of methoxy groups -OCH3 is 2. The highest BCUT2D eigenvalue weighted by molar-refractivity contribution is 5.82. The van der Waals surface area contributed by atoms with Gasteiger partial charge in [-0.3, -0.25) is 4.90 Å². The average Bonchev–Trinajstić information content (AvgIpc) is 3.26. The van der Waals surface area contributed by atoms with Gasteiger partial charge in [-0.1, -0.05) is 0 Å². The number of hydrogen-bond acceptors (Lipinski definition) is 6. The Labute approximate surface area is 127 Å². The van der Waals surface area contributed by atoms with Gasteiger partial charge in [-0.05, 0) is 32.7 Å². The molecule has 3 unspecified atom stereocenters. The molecule has 2 fully saturated rings. The SMILES string of the molecule is CCOC(=O)C(CN1CC(OC)C(OC)C1)(NC)C1CC1. The van der Waals surface area contributed by atoms with Gasteiger partial charge in [-0.15, -0.1) is 0 Å². The molecule has 0 aromatic rings. The van der Waals surface area contributed by atoms with Crippen LogP contribution < -0.4 is 5.32 Å². The number of esters is 1. The van der Waals surface area contributed by atoms with Crippen molar-refractivity contribution in [2.24, 2.45) is 5.92 Å². The summed E-state index contributed by atoms with van der Waals surface area (Å²) in [7, 11) is 5.27. The van der Waals surface area contributed by atoms with E-state index < -0.39 is 5.54 Å². The molecule has 0 aromatic carbocycles. The molecule has 1 aliphatic heterocycles. The second-order valence-electron chi connectivity index (χ2n) is 5.96. The molecule has 0 aromatic heterocycles. The van der Waals surface area contributed by atoms with Gasteiger partial charge in [-0.25, -0.2) is 4.79 Å². The number of hydrogen-bond donors (Lipinski definition) is 1. The summed E-state index contributed by atoms with van der Waals surface area (Å²) in [5, 5.41) is 3.26. The fourth-order valence-electron chi connectivity index (χ4n) is 3.33. The van der Waals surface area contributed by atoms with Crippen LogP contribution in [-0.2, 0) is 19.0 Å². The van der Waals surface area contributed by atoms with Gasteiger partial charge in [0.2, 0.25) is 0 Å². The number of likely N-dealkylation sites (N-methyl/N-ethyl adjacent to an activating group) is 1. The van der Waals surface area contributed by atoms with Crippen LogP contribution in [0.4, 0.5) is 0 Å². The zero-order valence-electron chi connectivity index (χ0n) is 13.6. The first-order valence-electron chi connectivity index (χ1n) is 7.75. The van der Waals surface area contributed by atoms with Crippen LogP contribution in [0.3, 0.4) is 0 Å². The summed E-state index contributed by atoms with van der Waals surface area (Å²) in [6.07, 6.45) is 2.28. The van der Waals surface area contributed by atoms with Crippen molar-refractivity contribution in [2.75, 3.05) is 47.5 Å². The lowest BCUT2D eigenvalue weighted by Gasteiger charge is -2.35. The second-order valence-corrected chi connectivity index (χ2v) is 5.96. The van der Waals surface area contributed by atoms with E-state index in [1.807, 2.05) is 14.0 Å². The quantitative estimate of drug-likeness (QED) is 0.649. The molecule has 1 heterocycles. The van der Waals surface area contributed by atoms with E-state index >= 15 is 0 Å². The maximum Gasteiger partial charge on any atom is 0.327 e. The van der Waals surface area contributed by atoms with E-state index in [0.717, 1.165) is 25.9 Å². The molecule has 0 spiro atoms. The van der Waals surface area contributed by atoms with Crippen molar-refractivity contribution in [2.45, 2.75) is 37.5 Å². The number of carbonyl (C=O) groups is 1. The maximum absolute atomic E-state index is 12.5. The fraction of sp³-hybridized carbons (Fsp3) is 0.933. The normalized spacial score (nSPS) is 29.3. The molecule has 1 N–H and O–H groups in total. The van der Waals surface area contributed by atoms with Gasteiger partial charge in [0.25, 0.3) is 0 Å². The molecular formula is C15H28N2O4. The minimum absolute atomic E-state index is 0.0611. The summed E-state index contributed by atoms with van der Waals surface area (Å²) in [6.45, 7) is 4.47. The van der Waals surface area contributed by atoms with Crippen LogP contribution in [0, 0.1) is 5.92 Å². The smallest absolute Gasteiger partial charge is 0.327 e. The molecular weight excluding hydrogens is 272 g/mol. The molecule has 0 radical (unpaired) electrons. The Hall–Kier alpha value is -0.690. The van der Waals surface area contributed by atoms with E-state index in [4.69, 9.17) is 14.2 Å². The van der Waals surface area contributed by atoms with Crippen molar-refractivity contribution in [3.05, 3.63) is 0 Å². The molecule has 6 nitrogen and oxygen atoms in total. The lowest BCUT2D eigenvalue weighted by atomic mass is 9.92. The van der Waals surface area contributed by atoms with Crippen molar-refractivity contribution in [1.29, 1.82) is 0 Å². The fourth-order valence-corrected chi connectivity index (χ4v) is 3.33. The maximum atomic E-state index is 12.5. The number of ether oxygens (including phenoxy) is 3. The van der Waals surface area contributed by atoms with Gasteiger partial charge in [-0.2, -0.15) is 0 Å². The monoisotopic (exact) mass is 300 g/mol. The highest BCUT2D eigenvalue weighted by Gasteiger charge is 2.53. The second kappa shape index (κ2) is 7.05.